The second-order valence-corrected chi connectivity index (χ2v) is 13.4. The minimum Gasteiger partial charge on any atom is -0.309 e. The number of aromatic nitrogens is 4. The summed E-state index contributed by atoms with van der Waals surface area (Å²) < 4.78 is 4.73. The molecule has 11 aromatic rings. The van der Waals surface area contributed by atoms with E-state index in [1.165, 1.54) is 54.5 Å². The predicted molar refractivity (Wildman–Crippen MR) is 217 cm³/mol. The summed E-state index contributed by atoms with van der Waals surface area (Å²) in [7, 11) is 0. The highest BCUT2D eigenvalue weighted by Crippen LogP contribution is 2.41. The Kier molecular flexibility index (Phi) is 6.22. The normalized spacial score (nSPS) is 11.8. The molecule has 0 N–H and O–H groups in total. The maximum atomic E-state index is 5.37. The third-order valence-corrected chi connectivity index (χ3v) is 10.5. The molecule has 0 aliphatic carbocycles. The number of para-hydroxylation sites is 4. The molecule has 0 amide bonds. The Morgan fingerprint density at radius 2 is 0.962 bits per heavy atom. The fraction of sp³-hybridized carbons (Fsp3) is 0. The smallest absolute Gasteiger partial charge is 0.165 e. The van der Waals surface area contributed by atoms with Crippen LogP contribution in [0.4, 0.5) is 0 Å². The van der Waals surface area contributed by atoms with E-state index in [0.717, 1.165) is 44.8 Å². The molecule has 3 heterocycles. The molecule has 4 nitrogen and oxygen atoms in total. The van der Waals surface area contributed by atoms with Gasteiger partial charge in [-0.3, -0.25) is 4.57 Å². The Bertz CT molecular complexity index is 3170. The summed E-state index contributed by atoms with van der Waals surface area (Å²) in [5, 5.41) is 7.23. The Hall–Kier alpha value is -7.04. The van der Waals surface area contributed by atoms with Gasteiger partial charge in [-0.15, -0.1) is 0 Å². The van der Waals surface area contributed by atoms with Gasteiger partial charge in [0.05, 0.1) is 33.1 Å². The standard InChI is InChI=1S/C48H30N4/c1-3-14-32(15-4-1)46-48(50-42-21-11-10-20-41(42)49-46)52-44-28-25-33(29-40(44)39-27-23-31-13-7-8-18-36(31)47(39)52)34-24-26-38-37-19-9-12-22-43(37)51(45(38)30-34)35-16-5-2-6-17-35/h1-30H. The largest absolute Gasteiger partial charge is 0.309 e. The number of nitrogens with zero attached hydrogens (tertiary/aromatic N) is 4. The summed E-state index contributed by atoms with van der Waals surface area (Å²) in [5.74, 6) is 0.822. The molecule has 0 fully saturated rings. The van der Waals surface area contributed by atoms with E-state index in [1.54, 1.807) is 0 Å². The SMILES string of the molecule is c1ccc(-c2nc3ccccc3nc2-n2c3ccc(-c4ccc5c6ccccc6n(-c6ccccc6)c5c4)cc3c3ccc4ccccc4c32)cc1. The number of hydrogen-bond donors (Lipinski definition) is 0. The van der Waals surface area contributed by atoms with Crippen molar-refractivity contribution in [2.75, 3.05) is 0 Å². The van der Waals surface area contributed by atoms with Gasteiger partial charge in [0.25, 0.3) is 0 Å². The van der Waals surface area contributed by atoms with Crippen molar-refractivity contribution < 1.29 is 0 Å². The average molecular weight is 663 g/mol. The first-order valence-corrected chi connectivity index (χ1v) is 17.7. The number of hydrogen-bond acceptors (Lipinski definition) is 2. The highest BCUT2D eigenvalue weighted by molar-refractivity contribution is 6.19. The van der Waals surface area contributed by atoms with Gasteiger partial charge in [0.15, 0.2) is 5.82 Å². The lowest BCUT2D eigenvalue weighted by Crippen LogP contribution is -2.04. The van der Waals surface area contributed by atoms with E-state index in [4.69, 9.17) is 9.97 Å². The monoisotopic (exact) mass is 662 g/mol. The zero-order valence-electron chi connectivity index (χ0n) is 28.1. The average Bonchev–Trinajstić information content (AvgIpc) is 3.73. The van der Waals surface area contributed by atoms with Crippen LogP contribution < -0.4 is 0 Å². The Balaban J connectivity index is 1.21. The van der Waals surface area contributed by atoms with Gasteiger partial charge >= 0.3 is 0 Å². The Morgan fingerprint density at radius 1 is 0.346 bits per heavy atom. The second kappa shape index (κ2) is 11.2. The zero-order chi connectivity index (χ0) is 34.2. The van der Waals surface area contributed by atoms with Gasteiger partial charge in [0.1, 0.15) is 5.69 Å². The van der Waals surface area contributed by atoms with Crippen molar-refractivity contribution in [1.82, 2.24) is 19.1 Å². The van der Waals surface area contributed by atoms with Crippen LogP contribution in [-0.4, -0.2) is 19.1 Å². The van der Waals surface area contributed by atoms with Gasteiger partial charge in [-0.05, 0) is 65.0 Å². The molecule has 52 heavy (non-hydrogen) atoms. The molecule has 0 bridgehead atoms. The highest BCUT2D eigenvalue weighted by atomic mass is 15.1. The van der Waals surface area contributed by atoms with E-state index >= 15 is 0 Å². The van der Waals surface area contributed by atoms with Gasteiger partial charge in [0.2, 0.25) is 0 Å². The van der Waals surface area contributed by atoms with E-state index < -0.39 is 0 Å². The maximum absolute atomic E-state index is 5.37. The first kappa shape index (κ1) is 28.8. The first-order valence-electron chi connectivity index (χ1n) is 17.7. The van der Waals surface area contributed by atoms with Gasteiger partial charge in [-0.2, -0.15) is 0 Å². The molecule has 11 rings (SSSR count). The van der Waals surface area contributed by atoms with Gasteiger partial charge in [0, 0.05) is 38.2 Å². The fourth-order valence-electron chi connectivity index (χ4n) is 8.12. The predicted octanol–water partition coefficient (Wildman–Crippen LogP) is 12.3. The van der Waals surface area contributed by atoms with Crippen molar-refractivity contribution in [3.8, 4) is 33.9 Å². The third kappa shape index (κ3) is 4.28. The first-order chi connectivity index (χ1) is 25.8. The molecule has 8 aromatic carbocycles. The van der Waals surface area contributed by atoms with Crippen molar-refractivity contribution in [2.45, 2.75) is 0 Å². The quantitative estimate of drug-likeness (QED) is 0.188. The van der Waals surface area contributed by atoms with E-state index in [0.29, 0.717) is 0 Å². The van der Waals surface area contributed by atoms with Crippen LogP contribution in [0.3, 0.4) is 0 Å². The summed E-state index contributed by atoms with van der Waals surface area (Å²) in [6.45, 7) is 0. The molecule has 0 unspecified atom stereocenters. The third-order valence-electron chi connectivity index (χ3n) is 10.5. The summed E-state index contributed by atoms with van der Waals surface area (Å²) in [6, 6.07) is 64.8. The molecular formula is C48H30N4. The Labute approximate surface area is 299 Å². The van der Waals surface area contributed by atoms with E-state index in [9.17, 15) is 0 Å². The lowest BCUT2D eigenvalue weighted by atomic mass is 10.0. The summed E-state index contributed by atoms with van der Waals surface area (Å²) in [6.07, 6.45) is 0. The summed E-state index contributed by atoms with van der Waals surface area (Å²) in [4.78, 5) is 10.6. The van der Waals surface area contributed by atoms with Crippen LogP contribution in [-0.2, 0) is 0 Å². The van der Waals surface area contributed by atoms with Crippen LogP contribution in [0.5, 0.6) is 0 Å². The maximum Gasteiger partial charge on any atom is 0.165 e. The fourth-order valence-corrected chi connectivity index (χ4v) is 8.12. The minimum atomic E-state index is 0.822. The molecule has 0 saturated heterocycles. The minimum absolute atomic E-state index is 0.822. The molecule has 0 radical (unpaired) electrons. The van der Waals surface area contributed by atoms with E-state index in [-0.39, 0.29) is 0 Å². The molecule has 4 heteroatoms. The van der Waals surface area contributed by atoms with E-state index in [2.05, 4.69) is 167 Å². The van der Waals surface area contributed by atoms with E-state index in [1.807, 2.05) is 24.3 Å². The van der Waals surface area contributed by atoms with Crippen molar-refractivity contribution in [2.24, 2.45) is 0 Å². The molecule has 0 aliphatic heterocycles. The lowest BCUT2D eigenvalue weighted by Gasteiger charge is -2.14. The van der Waals surface area contributed by atoms with Crippen molar-refractivity contribution in [3.63, 3.8) is 0 Å². The molecule has 0 aliphatic rings. The summed E-state index contributed by atoms with van der Waals surface area (Å²) >= 11 is 0. The van der Waals surface area contributed by atoms with Crippen LogP contribution in [0.2, 0.25) is 0 Å². The van der Waals surface area contributed by atoms with Gasteiger partial charge in [-0.25, -0.2) is 9.97 Å². The Morgan fingerprint density at radius 3 is 1.81 bits per heavy atom. The van der Waals surface area contributed by atoms with Gasteiger partial charge in [-0.1, -0.05) is 133 Å². The van der Waals surface area contributed by atoms with Crippen molar-refractivity contribution in [1.29, 1.82) is 0 Å². The second-order valence-electron chi connectivity index (χ2n) is 13.4. The van der Waals surface area contributed by atoms with Crippen LogP contribution in [0.25, 0.3) is 99.3 Å². The molecule has 0 saturated carbocycles. The molecule has 3 aromatic heterocycles. The molecule has 0 spiro atoms. The topological polar surface area (TPSA) is 35.6 Å². The number of fused-ring (bicyclic) bond motifs is 9. The van der Waals surface area contributed by atoms with Crippen LogP contribution in [0.15, 0.2) is 182 Å². The zero-order valence-corrected chi connectivity index (χ0v) is 28.1. The van der Waals surface area contributed by atoms with Crippen molar-refractivity contribution in [3.05, 3.63) is 182 Å². The van der Waals surface area contributed by atoms with Crippen LogP contribution >= 0.6 is 0 Å². The number of rotatable bonds is 4. The van der Waals surface area contributed by atoms with Crippen molar-refractivity contribution >= 4 is 65.4 Å². The lowest BCUT2D eigenvalue weighted by molar-refractivity contribution is 1.08. The highest BCUT2D eigenvalue weighted by Gasteiger charge is 2.21. The number of benzene rings is 8. The van der Waals surface area contributed by atoms with Gasteiger partial charge < -0.3 is 4.57 Å². The molecule has 242 valence electrons. The molecular weight excluding hydrogens is 633 g/mol. The van der Waals surface area contributed by atoms with Crippen LogP contribution in [0.1, 0.15) is 0 Å². The molecule has 0 atom stereocenters. The van der Waals surface area contributed by atoms with Crippen LogP contribution in [0, 0.1) is 0 Å². The summed E-state index contributed by atoms with van der Waals surface area (Å²) in [5.41, 5.74) is 11.7.